The highest BCUT2D eigenvalue weighted by Crippen LogP contribution is 2.11. The number of allylic oxidation sites excluding steroid dienone is 6. The van der Waals surface area contributed by atoms with Crippen LogP contribution in [-0.2, 0) is 0 Å². The molecule has 0 heterocycles. The van der Waals surface area contributed by atoms with Crippen LogP contribution in [0.1, 0.15) is 13.8 Å². The molecule has 0 aliphatic rings. The summed E-state index contributed by atoms with van der Waals surface area (Å²) in [4.78, 5) is 0. The van der Waals surface area contributed by atoms with Gasteiger partial charge in [-0.05, 0) is 18.4 Å². The number of hydrogen-bond acceptors (Lipinski definition) is 0. The molecule has 0 radical (unpaired) electrons. The van der Waals surface area contributed by atoms with E-state index in [0.717, 1.165) is 0 Å². The van der Waals surface area contributed by atoms with Crippen molar-refractivity contribution in [1.29, 1.82) is 0 Å². The molecule has 0 fully saturated rings. The van der Waals surface area contributed by atoms with Gasteiger partial charge in [-0.15, -0.1) is 6.58 Å². The van der Waals surface area contributed by atoms with E-state index in [-0.39, 0.29) is 0 Å². The Morgan fingerprint density at radius 3 is 2.36 bits per heavy atom. The molecule has 0 aliphatic heterocycles. The lowest BCUT2D eigenvalue weighted by molar-refractivity contribution is 0.895. The topological polar surface area (TPSA) is 0 Å². The average molecular weight is 148 g/mol. The summed E-state index contributed by atoms with van der Waals surface area (Å²) in [5.74, 6) is 0.392. The van der Waals surface area contributed by atoms with E-state index >= 15 is 0 Å². The molecule has 0 bridgehead atoms. The Kier molecular flexibility index (Phi) is 5.18. The van der Waals surface area contributed by atoms with Crippen LogP contribution in [0.15, 0.2) is 49.1 Å². The van der Waals surface area contributed by atoms with E-state index in [1.54, 1.807) is 0 Å². The Bertz CT molecular complexity index is 182. The van der Waals surface area contributed by atoms with Crippen molar-refractivity contribution < 1.29 is 0 Å². The fraction of sp³-hybridized carbons (Fsp3) is 0.273. The van der Waals surface area contributed by atoms with Gasteiger partial charge in [-0.2, -0.15) is 0 Å². The van der Waals surface area contributed by atoms with Crippen molar-refractivity contribution in [3.63, 3.8) is 0 Å². The lowest BCUT2D eigenvalue weighted by atomic mass is 10.0. The van der Waals surface area contributed by atoms with Crippen molar-refractivity contribution in [1.82, 2.24) is 0 Å². The highest BCUT2D eigenvalue weighted by Gasteiger charge is 1.97. The zero-order chi connectivity index (χ0) is 8.69. The third-order valence-corrected chi connectivity index (χ3v) is 1.60. The van der Waals surface area contributed by atoms with Gasteiger partial charge < -0.3 is 0 Å². The highest BCUT2D eigenvalue weighted by molar-refractivity contribution is 5.26. The van der Waals surface area contributed by atoms with Crippen LogP contribution in [0.5, 0.6) is 0 Å². The molecule has 1 atom stereocenters. The summed E-state index contributed by atoms with van der Waals surface area (Å²) < 4.78 is 0. The minimum absolute atomic E-state index is 0.392. The minimum Gasteiger partial charge on any atom is -0.102 e. The Hall–Kier alpha value is -1.04. The van der Waals surface area contributed by atoms with Crippen LogP contribution in [0.25, 0.3) is 0 Å². The van der Waals surface area contributed by atoms with Crippen LogP contribution in [-0.4, -0.2) is 0 Å². The molecule has 0 spiro atoms. The molecule has 0 N–H and O–H groups in total. The fourth-order valence-corrected chi connectivity index (χ4v) is 0.749. The Morgan fingerprint density at radius 2 is 2.00 bits per heavy atom. The molecule has 0 amide bonds. The first-order chi connectivity index (χ1) is 5.26. The van der Waals surface area contributed by atoms with Crippen LogP contribution < -0.4 is 0 Å². The molecule has 0 aliphatic carbocycles. The molecule has 0 aromatic heterocycles. The van der Waals surface area contributed by atoms with Crippen LogP contribution in [0.4, 0.5) is 0 Å². The lowest BCUT2D eigenvalue weighted by Gasteiger charge is -2.04. The second kappa shape index (κ2) is 5.72. The molecule has 0 saturated carbocycles. The molecule has 0 aromatic carbocycles. The third kappa shape index (κ3) is 3.61. The van der Waals surface area contributed by atoms with Gasteiger partial charge in [-0.25, -0.2) is 0 Å². The molecule has 0 saturated heterocycles. The maximum absolute atomic E-state index is 3.73. The minimum atomic E-state index is 0.392. The molecule has 60 valence electrons. The molecule has 0 aromatic rings. The molecule has 0 nitrogen and oxygen atoms in total. The fourth-order valence-electron chi connectivity index (χ4n) is 0.749. The quantitative estimate of drug-likeness (QED) is 0.423. The summed E-state index contributed by atoms with van der Waals surface area (Å²) in [5.41, 5.74) is 1.21. The number of hydrogen-bond donors (Lipinski definition) is 0. The third-order valence-electron chi connectivity index (χ3n) is 1.60. The van der Waals surface area contributed by atoms with Gasteiger partial charge in [0.2, 0.25) is 0 Å². The van der Waals surface area contributed by atoms with Crippen molar-refractivity contribution in [2.24, 2.45) is 5.92 Å². The smallest absolute Gasteiger partial charge is 0.00133 e. The van der Waals surface area contributed by atoms with Crippen LogP contribution >= 0.6 is 0 Å². The molecular formula is C11H16. The average Bonchev–Trinajstić information content (AvgIpc) is 2.05. The molecule has 0 heteroatoms. The van der Waals surface area contributed by atoms with Crippen molar-refractivity contribution in [2.75, 3.05) is 0 Å². The molecule has 11 heavy (non-hydrogen) atoms. The molecular weight excluding hydrogens is 132 g/mol. The predicted molar refractivity (Wildman–Crippen MR) is 52.5 cm³/mol. The first-order valence-electron chi connectivity index (χ1n) is 3.84. The Balaban J connectivity index is 4.37. The summed E-state index contributed by atoms with van der Waals surface area (Å²) in [6.07, 6.45) is 9.85. The van der Waals surface area contributed by atoms with Gasteiger partial charge in [0.05, 0.1) is 0 Å². The second-order valence-corrected chi connectivity index (χ2v) is 2.42. The maximum Gasteiger partial charge on any atom is -0.00133 e. The van der Waals surface area contributed by atoms with Crippen molar-refractivity contribution >= 4 is 0 Å². The summed E-state index contributed by atoms with van der Waals surface area (Å²) in [5, 5.41) is 0. The normalized spacial score (nSPS) is 14.9. The van der Waals surface area contributed by atoms with Gasteiger partial charge in [-0.3, -0.25) is 0 Å². The van der Waals surface area contributed by atoms with E-state index in [9.17, 15) is 0 Å². The SMILES string of the molecule is C=C/C(=C\C=C/C)C(C)C=C. The molecule has 1 unspecified atom stereocenters. The van der Waals surface area contributed by atoms with Gasteiger partial charge in [0.1, 0.15) is 0 Å². The number of rotatable bonds is 4. The first-order valence-corrected chi connectivity index (χ1v) is 3.84. The van der Waals surface area contributed by atoms with Crippen LogP contribution in [0, 0.1) is 5.92 Å². The maximum atomic E-state index is 3.73. The molecule has 0 rings (SSSR count). The summed E-state index contributed by atoms with van der Waals surface area (Å²) in [6, 6.07) is 0. The zero-order valence-electron chi connectivity index (χ0n) is 7.38. The van der Waals surface area contributed by atoms with Crippen molar-refractivity contribution in [2.45, 2.75) is 13.8 Å². The van der Waals surface area contributed by atoms with E-state index < -0.39 is 0 Å². The van der Waals surface area contributed by atoms with Gasteiger partial charge in [0.25, 0.3) is 0 Å². The van der Waals surface area contributed by atoms with Crippen LogP contribution in [0.2, 0.25) is 0 Å². The lowest BCUT2D eigenvalue weighted by Crippen LogP contribution is -1.90. The summed E-state index contributed by atoms with van der Waals surface area (Å²) in [6.45, 7) is 11.6. The Labute approximate surface area is 69.6 Å². The van der Waals surface area contributed by atoms with Crippen molar-refractivity contribution in [3.05, 3.63) is 49.1 Å². The largest absolute Gasteiger partial charge is 0.102 e. The van der Waals surface area contributed by atoms with E-state index in [0.29, 0.717) is 5.92 Å². The van der Waals surface area contributed by atoms with Gasteiger partial charge in [-0.1, -0.05) is 43.9 Å². The van der Waals surface area contributed by atoms with E-state index in [1.165, 1.54) is 5.57 Å². The zero-order valence-corrected chi connectivity index (χ0v) is 7.38. The van der Waals surface area contributed by atoms with Gasteiger partial charge in [0.15, 0.2) is 0 Å². The van der Waals surface area contributed by atoms with Gasteiger partial charge in [0, 0.05) is 0 Å². The standard InChI is InChI=1S/C11H16/c1-5-8-9-11(7-3)10(4)6-2/h5-10H,2-3H2,1,4H3/b8-5-,11-9+. The predicted octanol–water partition coefficient (Wildman–Crippen LogP) is 3.50. The van der Waals surface area contributed by atoms with E-state index in [2.05, 4.69) is 26.2 Å². The Morgan fingerprint density at radius 1 is 1.36 bits per heavy atom. The van der Waals surface area contributed by atoms with Crippen molar-refractivity contribution in [3.8, 4) is 0 Å². The second-order valence-electron chi connectivity index (χ2n) is 2.42. The van der Waals surface area contributed by atoms with Gasteiger partial charge >= 0.3 is 0 Å². The summed E-state index contributed by atoms with van der Waals surface area (Å²) >= 11 is 0. The van der Waals surface area contributed by atoms with E-state index in [1.807, 2.05) is 31.2 Å². The highest BCUT2D eigenvalue weighted by atomic mass is 14.0. The first kappa shape index (κ1) is 9.96. The summed E-state index contributed by atoms with van der Waals surface area (Å²) in [7, 11) is 0. The van der Waals surface area contributed by atoms with E-state index in [4.69, 9.17) is 0 Å². The monoisotopic (exact) mass is 148 g/mol. The van der Waals surface area contributed by atoms with Crippen LogP contribution in [0.3, 0.4) is 0 Å².